The fraction of sp³-hybridized carbons (Fsp3) is 0.188. The summed E-state index contributed by atoms with van der Waals surface area (Å²) < 4.78 is 11.0. The second-order valence-electron chi connectivity index (χ2n) is 4.33. The average Bonchev–Trinajstić information content (AvgIpc) is 2.49. The van der Waals surface area contributed by atoms with Gasteiger partial charge < -0.3 is 14.6 Å². The van der Waals surface area contributed by atoms with Crippen LogP contribution in [0.3, 0.4) is 0 Å². The highest BCUT2D eigenvalue weighted by molar-refractivity contribution is 6.30. The molecule has 2 aromatic carbocycles. The van der Waals surface area contributed by atoms with E-state index in [0.717, 1.165) is 12.2 Å². The van der Waals surface area contributed by atoms with Gasteiger partial charge in [-0.1, -0.05) is 11.6 Å². The highest BCUT2D eigenvalue weighted by Crippen LogP contribution is 2.16. The van der Waals surface area contributed by atoms with Gasteiger partial charge in [-0.25, -0.2) is 4.79 Å². The van der Waals surface area contributed by atoms with Crippen LogP contribution < -0.4 is 9.47 Å². The number of aromatic carboxylic acids is 1. The maximum atomic E-state index is 10.7. The third kappa shape index (κ3) is 5.00. The molecule has 110 valence electrons. The van der Waals surface area contributed by atoms with Crippen molar-refractivity contribution in [2.45, 2.75) is 6.42 Å². The van der Waals surface area contributed by atoms with Gasteiger partial charge in [-0.05, 0) is 48.5 Å². The van der Waals surface area contributed by atoms with Gasteiger partial charge in [0, 0.05) is 11.4 Å². The molecule has 0 unspecified atom stereocenters. The van der Waals surface area contributed by atoms with E-state index in [1.807, 2.05) is 12.1 Å². The van der Waals surface area contributed by atoms with Crippen molar-refractivity contribution in [2.75, 3.05) is 13.2 Å². The number of ether oxygens (including phenoxy) is 2. The molecule has 0 aliphatic rings. The molecule has 0 heterocycles. The summed E-state index contributed by atoms with van der Waals surface area (Å²) in [6.07, 6.45) is 0.726. The van der Waals surface area contributed by atoms with Gasteiger partial charge >= 0.3 is 5.97 Å². The third-order valence-corrected chi connectivity index (χ3v) is 2.99. The van der Waals surface area contributed by atoms with E-state index >= 15 is 0 Å². The predicted molar refractivity (Wildman–Crippen MR) is 80.5 cm³/mol. The Labute approximate surface area is 127 Å². The summed E-state index contributed by atoms with van der Waals surface area (Å²) in [5.41, 5.74) is 0.244. The molecule has 0 bridgehead atoms. The van der Waals surface area contributed by atoms with Crippen molar-refractivity contribution in [1.82, 2.24) is 0 Å². The first kappa shape index (κ1) is 15.2. The van der Waals surface area contributed by atoms with E-state index in [4.69, 9.17) is 26.2 Å². The minimum atomic E-state index is -0.946. The Bertz CT molecular complexity index is 578. The molecule has 0 radical (unpaired) electrons. The van der Waals surface area contributed by atoms with Gasteiger partial charge in [0.2, 0.25) is 0 Å². The Hall–Kier alpha value is -2.20. The normalized spacial score (nSPS) is 10.1. The molecule has 21 heavy (non-hydrogen) atoms. The van der Waals surface area contributed by atoms with E-state index in [9.17, 15) is 4.79 Å². The smallest absolute Gasteiger partial charge is 0.335 e. The van der Waals surface area contributed by atoms with E-state index in [2.05, 4.69) is 0 Å². The van der Waals surface area contributed by atoms with E-state index in [1.165, 1.54) is 12.1 Å². The maximum Gasteiger partial charge on any atom is 0.335 e. The molecule has 0 saturated heterocycles. The van der Waals surface area contributed by atoms with Crippen LogP contribution in [-0.4, -0.2) is 24.3 Å². The lowest BCUT2D eigenvalue weighted by atomic mass is 10.2. The Morgan fingerprint density at radius 1 is 0.905 bits per heavy atom. The molecular formula is C16H15ClO4. The molecule has 1 N–H and O–H groups in total. The van der Waals surface area contributed by atoms with Crippen LogP contribution in [0.25, 0.3) is 0 Å². The fourth-order valence-corrected chi connectivity index (χ4v) is 1.79. The number of hydrogen-bond donors (Lipinski definition) is 1. The number of halogens is 1. The Kier molecular flexibility index (Phi) is 5.46. The second kappa shape index (κ2) is 7.55. The van der Waals surface area contributed by atoms with Crippen LogP contribution in [0, 0.1) is 0 Å². The minimum Gasteiger partial charge on any atom is -0.493 e. The summed E-state index contributed by atoms with van der Waals surface area (Å²) >= 11 is 5.78. The molecule has 5 heteroatoms. The molecule has 0 aromatic heterocycles. The van der Waals surface area contributed by atoms with Crippen LogP contribution in [0.4, 0.5) is 0 Å². The number of carboxylic acid groups (broad SMARTS) is 1. The first-order chi connectivity index (χ1) is 10.1. The molecule has 0 fully saturated rings. The summed E-state index contributed by atoms with van der Waals surface area (Å²) in [5.74, 6) is 0.467. The van der Waals surface area contributed by atoms with Crippen LogP contribution in [0.5, 0.6) is 11.5 Å². The van der Waals surface area contributed by atoms with Gasteiger partial charge in [-0.3, -0.25) is 0 Å². The van der Waals surface area contributed by atoms with Gasteiger partial charge in [0.15, 0.2) is 0 Å². The molecule has 0 aliphatic carbocycles. The van der Waals surface area contributed by atoms with Gasteiger partial charge in [0.25, 0.3) is 0 Å². The Balaban J connectivity index is 1.67. The second-order valence-corrected chi connectivity index (χ2v) is 4.77. The van der Waals surface area contributed by atoms with Crippen LogP contribution >= 0.6 is 11.6 Å². The highest BCUT2D eigenvalue weighted by Gasteiger charge is 2.02. The van der Waals surface area contributed by atoms with Crippen molar-refractivity contribution in [2.24, 2.45) is 0 Å². The van der Waals surface area contributed by atoms with Crippen LogP contribution in [0.1, 0.15) is 16.8 Å². The fourth-order valence-electron chi connectivity index (χ4n) is 1.66. The van der Waals surface area contributed by atoms with Gasteiger partial charge in [0.1, 0.15) is 11.5 Å². The summed E-state index contributed by atoms with van der Waals surface area (Å²) in [6, 6.07) is 13.5. The Morgan fingerprint density at radius 3 is 1.86 bits per heavy atom. The quantitative estimate of drug-likeness (QED) is 0.789. The molecule has 2 rings (SSSR count). The lowest BCUT2D eigenvalue weighted by Crippen LogP contribution is -2.05. The van der Waals surface area contributed by atoms with Crippen molar-refractivity contribution in [3.63, 3.8) is 0 Å². The number of carbonyl (C=O) groups is 1. The van der Waals surface area contributed by atoms with Crippen LogP contribution in [-0.2, 0) is 0 Å². The highest BCUT2D eigenvalue weighted by atomic mass is 35.5. The van der Waals surface area contributed by atoms with Crippen LogP contribution in [0.15, 0.2) is 48.5 Å². The number of benzene rings is 2. The minimum absolute atomic E-state index is 0.244. The van der Waals surface area contributed by atoms with Crippen molar-refractivity contribution in [1.29, 1.82) is 0 Å². The van der Waals surface area contributed by atoms with E-state index in [0.29, 0.717) is 24.0 Å². The zero-order valence-corrected chi connectivity index (χ0v) is 12.0. The predicted octanol–water partition coefficient (Wildman–Crippen LogP) is 3.89. The SMILES string of the molecule is O=C(O)c1ccc(OCCCOc2ccc(Cl)cc2)cc1. The van der Waals surface area contributed by atoms with Gasteiger partial charge in [0.05, 0.1) is 18.8 Å². The zero-order chi connectivity index (χ0) is 15.1. The largest absolute Gasteiger partial charge is 0.493 e. The average molecular weight is 307 g/mol. The number of carboxylic acids is 1. The maximum absolute atomic E-state index is 10.7. The summed E-state index contributed by atoms with van der Waals surface area (Å²) in [7, 11) is 0. The molecule has 2 aromatic rings. The zero-order valence-electron chi connectivity index (χ0n) is 11.3. The van der Waals surface area contributed by atoms with Gasteiger partial charge in [-0.15, -0.1) is 0 Å². The van der Waals surface area contributed by atoms with Crippen molar-refractivity contribution < 1.29 is 19.4 Å². The van der Waals surface area contributed by atoms with E-state index < -0.39 is 5.97 Å². The summed E-state index contributed by atoms with van der Waals surface area (Å²) in [4.78, 5) is 10.7. The topological polar surface area (TPSA) is 55.8 Å². The molecule has 4 nitrogen and oxygen atoms in total. The first-order valence-corrected chi connectivity index (χ1v) is 6.87. The van der Waals surface area contributed by atoms with E-state index in [1.54, 1.807) is 24.3 Å². The number of rotatable bonds is 7. The monoisotopic (exact) mass is 306 g/mol. The molecule has 0 atom stereocenters. The van der Waals surface area contributed by atoms with Crippen molar-refractivity contribution in [3.8, 4) is 11.5 Å². The van der Waals surface area contributed by atoms with Crippen molar-refractivity contribution in [3.05, 3.63) is 59.1 Å². The molecule has 0 spiro atoms. The first-order valence-electron chi connectivity index (χ1n) is 6.50. The molecular weight excluding hydrogens is 292 g/mol. The standard InChI is InChI=1S/C16H15ClO4/c17-13-4-8-15(9-5-13)21-11-1-10-20-14-6-2-12(3-7-14)16(18)19/h2-9H,1,10-11H2,(H,18,19). The lowest BCUT2D eigenvalue weighted by molar-refractivity contribution is 0.0697. The Morgan fingerprint density at radius 2 is 1.38 bits per heavy atom. The van der Waals surface area contributed by atoms with Gasteiger partial charge in [-0.2, -0.15) is 0 Å². The molecule has 0 amide bonds. The van der Waals surface area contributed by atoms with Crippen LogP contribution in [0.2, 0.25) is 5.02 Å². The summed E-state index contributed by atoms with van der Waals surface area (Å²) in [6.45, 7) is 1.04. The number of hydrogen-bond acceptors (Lipinski definition) is 3. The summed E-state index contributed by atoms with van der Waals surface area (Å²) in [5, 5.41) is 9.46. The van der Waals surface area contributed by atoms with E-state index in [-0.39, 0.29) is 5.56 Å². The third-order valence-electron chi connectivity index (χ3n) is 2.74. The van der Waals surface area contributed by atoms with Crippen molar-refractivity contribution >= 4 is 17.6 Å². The molecule has 0 aliphatic heterocycles. The molecule has 0 saturated carbocycles. The lowest BCUT2D eigenvalue weighted by Gasteiger charge is -2.08.